The number of nitrogens with one attached hydrogen (secondary N) is 1. The predicted molar refractivity (Wildman–Crippen MR) is 76.4 cm³/mol. The van der Waals surface area contributed by atoms with Crippen molar-refractivity contribution in [2.45, 2.75) is 46.1 Å². The summed E-state index contributed by atoms with van der Waals surface area (Å²) in [7, 11) is 1.96. The van der Waals surface area contributed by atoms with Crippen LogP contribution in [0.1, 0.15) is 43.7 Å². The molecule has 0 aromatic carbocycles. The highest BCUT2D eigenvalue weighted by molar-refractivity contribution is 5.23. The molecule has 0 saturated heterocycles. The van der Waals surface area contributed by atoms with Crippen LogP contribution < -0.4 is 5.32 Å². The van der Waals surface area contributed by atoms with Crippen LogP contribution in [-0.2, 0) is 25.4 Å². The van der Waals surface area contributed by atoms with Crippen molar-refractivity contribution >= 4 is 0 Å². The van der Waals surface area contributed by atoms with Crippen molar-refractivity contribution in [2.24, 2.45) is 7.05 Å². The van der Waals surface area contributed by atoms with Gasteiger partial charge < -0.3 is 9.84 Å². The van der Waals surface area contributed by atoms with Crippen LogP contribution in [0.3, 0.4) is 0 Å². The first-order valence-electron chi connectivity index (χ1n) is 6.89. The molecule has 0 atom stereocenters. The van der Waals surface area contributed by atoms with Crippen molar-refractivity contribution in [3.05, 3.63) is 29.2 Å². The van der Waals surface area contributed by atoms with Crippen LogP contribution in [0, 0.1) is 6.92 Å². The van der Waals surface area contributed by atoms with Gasteiger partial charge in [0.05, 0.1) is 5.69 Å². The van der Waals surface area contributed by atoms with Gasteiger partial charge in [0.1, 0.15) is 0 Å². The lowest BCUT2D eigenvalue weighted by Gasteiger charge is -2.17. The minimum atomic E-state index is 0.0574. The Balaban J connectivity index is 1.88. The van der Waals surface area contributed by atoms with E-state index >= 15 is 0 Å². The zero-order valence-corrected chi connectivity index (χ0v) is 12.9. The molecule has 0 aliphatic rings. The molecule has 0 spiro atoms. The van der Waals surface area contributed by atoms with E-state index in [9.17, 15) is 0 Å². The molecule has 0 bridgehead atoms. The predicted octanol–water partition coefficient (Wildman–Crippen LogP) is 1.74. The second-order valence-corrected chi connectivity index (χ2v) is 6.09. The standard InChI is InChI=1S/C14H23N5O/c1-10-16-12(20-18-10)6-7-15-8-11-9-19(5)17-13(11)14(2,3)4/h9,15H,6-8H2,1-5H3. The van der Waals surface area contributed by atoms with E-state index in [2.05, 4.69) is 47.5 Å². The zero-order valence-electron chi connectivity index (χ0n) is 12.9. The quantitative estimate of drug-likeness (QED) is 0.843. The summed E-state index contributed by atoms with van der Waals surface area (Å²) >= 11 is 0. The molecule has 0 aliphatic carbocycles. The maximum Gasteiger partial charge on any atom is 0.227 e. The van der Waals surface area contributed by atoms with E-state index in [-0.39, 0.29) is 5.41 Å². The molecule has 0 fully saturated rings. The molecule has 0 aliphatic heterocycles. The van der Waals surface area contributed by atoms with Crippen LogP contribution in [0.15, 0.2) is 10.7 Å². The topological polar surface area (TPSA) is 68.8 Å². The number of aryl methyl sites for hydroxylation is 2. The minimum absolute atomic E-state index is 0.0574. The van der Waals surface area contributed by atoms with Crippen LogP contribution in [0.5, 0.6) is 0 Å². The van der Waals surface area contributed by atoms with Crippen molar-refractivity contribution in [3.63, 3.8) is 0 Å². The Hall–Kier alpha value is -1.69. The van der Waals surface area contributed by atoms with E-state index in [4.69, 9.17) is 4.52 Å². The van der Waals surface area contributed by atoms with Gasteiger partial charge in [-0.1, -0.05) is 25.9 Å². The monoisotopic (exact) mass is 277 g/mol. The summed E-state index contributed by atoms with van der Waals surface area (Å²) in [5, 5.41) is 11.7. The second-order valence-electron chi connectivity index (χ2n) is 6.09. The third kappa shape index (κ3) is 3.66. The van der Waals surface area contributed by atoms with Crippen molar-refractivity contribution in [3.8, 4) is 0 Å². The van der Waals surface area contributed by atoms with Crippen LogP contribution in [0.4, 0.5) is 0 Å². The first kappa shape index (κ1) is 14.7. The van der Waals surface area contributed by atoms with Gasteiger partial charge in [-0.25, -0.2) is 0 Å². The van der Waals surface area contributed by atoms with E-state index in [1.807, 2.05) is 18.7 Å². The van der Waals surface area contributed by atoms with Crippen LogP contribution in [0.2, 0.25) is 0 Å². The van der Waals surface area contributed by atoms with Crippen LogP contribution in [0.25, 0.3) is 0 Å². The first-order valence-corrected chi connectivity index (χ1v) is 6.89. The molecular weight excluding hydrogens is 254 g/mol. The van der Waals surface area contributed by atoms with Crippen molar-refractivity contribution in [2.75, 3.05) is 6.54 Å². The highest BCUT2D eigenvalue weighted by Gasteiger charge is 2.21. The fourth-order valence-electron chi connectivity index (χ4n) is 2.16. The normalized spacial score (nSPS) is 12.1. The fraction of sp³-hybridized carbons (Fsp3) is 0.643. The highest BCUT2D eigenvalue weighted by Crippen LogP contribution is 2.23. The Morgan fingerprint density at radius 2 is 2.10 bits per heavy atom. The summed E-state index contributed by atoms with van der Waals surface area (Å²) < 4.78 is 6.96. The molecule has 0 unspecified atom stereocenters. The molecule has 0 radical (unpaired) electrons. The Morgan fingerprint density at radius 1 is 1.35 bits per heavy atom. The van der Waals surface area contributed by atoms with E-state index in [0.29, 0.717) is 11.7 Å². The van der Waals surface area contributed by atoms with Gasteiger partial charge in [-0.2, -0.15) is 10.1 Å². The van der Waals surface area contributed by atoms with E-state index < -0.39 is 0 Å². The molecule has 20 heavy (non-hydrogen) atoms. The van der Waals surface area contributed by atoms with E-state index in [1.54, 1.807) is 0 Å². The summed E-state index contributed by atoms with van der Waals surface area (Å²) in [5.41, 5.74) is 2.44. The number of aromatic nitrogens is 4. The zero-order chi connectivity index (χ0) is 14.8. The minimum Gasteiger partial charge on any atom is -0.339 e. The van der Waals surface area contributed by atoms with Gasteiger partial charge in [-0.15, -0.1) is 0 Å². The average Bonchev–Trinajstić information content (AvgIpc) is 2.90. The van der Waals surface area contributed by atoms with Gasteiger partial charge in [0.15, 0.2) is 5.82 Å². The lowest BCUT2D eigenvalue weighted by Crippen LogP contribution is -2.20. The van der Waals surface area contributed by atoms with Crippen molar-refractivity contribution in [1.29, 1.82) is 0 Å². The number of hydrogen-bond acceptors (Lipinski definition) is 5. The third-order valence-electron chi connectivity index (χ3n) is 3.02. The van der Waals surface area contributed by atoms with Crippen LogP contribution >= 0.6 is 0 Å². The summed E-state index contributed by atoms with van der Waals surface area (Å²) in [6.07, 6.45) is 2.82. The van der Waals surface area contributed by atoms with Crippen molar-refractivity contribution < 1.29 is 4.52 Å². The molecule has 1 N–H and O–H groups in total. The number of hydrogen-bond donors (Lipinski definition) is 1. The SMILES string of the molecule is Cc1noc(CCNCc2cn(C)nc2C(C)(C)C)n1. The molecule has 110 valence electrons. The molecule has 6 heteroatoms. The smallest absolute Gasteiger partial charge is 0.227 e. The summed E-state index contributed by atoms with van der Waals surface area (Å²) in [5.74, 6) is 1.36. The molecule has 0 saturated carbocycles. The largest absolute Gasteiger partial charge is 0.339 e. The van der Waals surface area contributed by atoms with Gasteiger partial charge in [0.25, 0.3) is 0 Å². The summed E-state index contributed by atoms with van der Waals surface area (Å²) in [6, 6.07) is 0. The second kappa shape index (κ2) is 5.75. The van der Waals surface area contributed by atoms with E-state index in [1.165, 1.54) is 5.56 Å². The highest BCUT2D eigenvalue weighted by atomic mass is 16.5. The Kier molecular flexibility index (Phi) is 4.23. The molecular formula is C14H23N5O. The lowest BCUT2D eigenvalue weighted by molar-refractivity contribution is 0.372. The third-order valence-corrected chi connectivity index (χ3v) is 3.02. The maximum absolute atomic E-state index is 5.08. The number of nitrogens with zero attached hydrogens (tertiary/aromatic N) is 4. The lowest BCUT2D eigenvalue weighted by atomic mass is 9.89. The average molecular weight is 277 g/mol. The molecule has 2 heterocycles. The van der Waals surface area contributed by atoms with Gasteiger partial charge >= 0.3 is 0 Å². The summed E-state index contributed by atoms with van der Waals surface area (Å²) in [6.45, 7) is 9.97. The van der Waals surface area contributed by atoms with Crippen LogP contribution in [-0.4, -0.2) is 26.5 Å². The molecule has 0 amide bonds. The Morgan fingerprint density at radius 3 is 2.70 bits per heavy atom. The molecule has 2 aromatic heterocycles. The van der Waals surface area contributed by atoms with Gasteiger partial charge in [0.2, 0.25) is 5.89 Å². The number of rotatable bonds is 5. The molecule has 6 nitrogen and oxygen atoms in total. The molecule has 2 rings (SSSR count). The van der Waals surface area contributed by atoms with Gasteiger partial charge in [0, 0.05) is 43.7 Å². The molecule has 2 aromatic rings. The maximum atomic E-state index is 5.08. The Labute approximate surface area is 119 Å². The van der Waals surface area contributed by atoms with Gasteiger partial charge in [-0.05, 0) is 6.92 Å². The van der Waals surface area contributed by atoms with E-state index in [0.717, 1.165) is 25.2 Å². The first-order chi connectivity index (χ1) is 9.36. The van der Waals surface area contributed by atoms with Gasteiger partial charge in [-0.3, -0.25) is 4.68 Å². The Bertz CT molecular complexity index is 564. The fourth-order valence-corrected chi connectivity index (χ4v) is 2.16. The summed E-state index contributed by atoms with van der Waals surface area (Å²) in [4.78, 5) is 4.18. The van der Waals surface area contributed by atoms with Crippen molar-refractivity contribution in [1.82, 2.24) is 25.2 Å².